The Balaban J connectivity index is 2.59. The molecule has 0 saturated heterocycles. The van der Waals surface area contributed by atoms with Gasteiger partial charge in [-0.25, -0.2) is 0 Å². The van der Waals surface area contributed by atoms with Crippen molar-refractivity contribution >= 4 is 11.8 Å². The molecule has 1 aromatic heterocycles. The average molecular weight is 158 g/mol. The summed E-state index contributed by atoms with van der Waals surface area (Å²) in [5, 5.41) is 3.74. The molecule has 0 bridgehead atoms. The molecule has 0 saturated carbocycles. The molecule has 0 aliphatic rings. The number of nitrogens with zero attached hydrogens (tertiary/aromatic N) is 1. The fourth-order valence-electron chi connectivity index (χ4n) is 0.662. The van der Waals surface area contributed by atoms with Crippen LogP contribution in [-0.2, 0) is 12.3 Å². The van der Waals surface area contributed by atoms with Gasteiger partial charge in [0.05, 0.1) is 11.4 Å². The topological polar surface area (TPSA) is 52.0 Å². The number of rotatable bonds is 3. The van der Waals surface area contributed by atoms with Gasteiger partial charge < -0.3 is 10.3 Å². The van der Waals surface area contributed by atoms with Gasteiger partial charge in [0.2, 0.25) is 0 Å². The van der Waals surface area contributed by atoms with Crippen molar-refractivity contribution in [3.05, 3.63) is 17.5 Å². The molecule has 0 unspecified atom stereocenters. The highest BCUT2D eigenvalue weighted by molar-refractivity contribution is 7.97. The molecule has 0 spiro atoms. The molecule has 56 valence electrons. The van der Waals surface area contributed by atoms with E-state index in [1.807, 2.05) is 12.3 Å². The minimum Gasteiger partial charge on any atom is -0.360 e. The second kappa shape index (κ2) is 3.63. The second-order valence-electron chi connectivity index (χ2n) is 1.92. The summed E-state index contributed by atoms with van der Waals surface area (Å²) in [5.74, 6) is 1.76. The Kier molecular flexibility index (Phi) is 2.77. The van der Waals surface area contributed by atoms with Crippen molar-refractivity contribution in [3.63, 3.8) is 0 Å². The summed E-state index contributed by atoms with van der Waals surface area (Å²) in [6, 6.07) is 1.89. The van der Waals surface area contributed by atoms with E-state index in [2.05, 4.69) is 5.16 Å². The van der Waals surface area contributed by atoms with Crippen LogP contribution in [0.3, 0.4) is 0 Å². The van der Waals surface area contributed by atoms with Crippen molar-refractivity contribution in [2.45, 2.75) is 12.3 Å². The Morgan fingerprint density at radius 1 is 1.80 bits per heavy atom. The quantitative estimate of drug-likeness (QED) is 0.713. The number of aromatic nitrogens is 1. The minimum atomic E-state index is 0.456. The van der Waals surface area contributed by atoms with Gasteiger partial charge in [-0.15, -0.1) is 0 Å². The average Bonchev–Trinajstić information content (AvgIpc) is 2.37. The zero-order valence-electron chi connectivity index (χ0n) is 5.83. The molecular formula is C6H10N2OS. The fraction of sp³-hybridized carbons (Fsp3) is 0.500. The monoisotopic (exact) mass is 158 g/mol. The van der Waals surface area contributed by atoms with E-state index < -0.39 is 0 Å². The van der Waals surface area contributed by atoms with Crippen LogP contribution in [0.15, 0.2) is 10.6 Å². The highest BCUT2D eigenvalue weighted by Crippen LogP contribution is 2.09. The van der Waals surface area contributed by atoms with Crippen molar-refractivity contribution < 1.29 is 4.52 Å². The van der Waals surface area contributed by atoms with Gasteiger partial charge in [0, 0.05) is 12.6 Å². The first-order valence-corrected chi connectivity index (χ1v) is 4.39. The number of nitrogens with two attached hydrogens (primary N) is 1. The molecule has 0 amide bonds. The lowest BCUT2D eigenvalue weighted by molar-refractivity contribution is 0.388. The van der Waals surface area contributed by atoms with E-state index in [0.717, 1.165) is 17.2 Å². The Morgan fingerprint density at radius 2 is 2.60 bits per heavy atom. The molecule has 1 rings (SSSR count). The summed E-state index contributed by atoms with van der Waals surface area (Å²) in [7, 11) is 0. The maximum Gasteiger partial charge on any atom is 0.146 e. The van der Waals surface area contributed by atoms with Gasteiger partial charge in [-0.2, -0.15) is 11.8 Å². The van der Waals surface area contributed by atoms with Gasteiger partial charge in [0.1, 0.15) is 5.76 Å². The summed E-state index contributed by atoms with van der Waals surface area (Å²) in [4.78, 5) is 0. The van der Waals surface area contributed by atoms with E-state index in [1.165, 1.54) is 0 Å². The van der Waals surface area contributed by atoms with Gasteiger partial charge in [-0.05, 0) is 6.26 Å². The molecule has 0 radical (unpaired) electrons. The van der Waals surface area contributed by atoms with Gasteiger partial charge in [0.25, 0.3) is 0 Å². The second-order valence-corrected chi connectivity index (χ2v) is 2.79. The molecular weight excluding hydrogens is 148 g/mol. The van der Waals surface area contributed by atoms with Crippen molar-refractivity contribution in [3.8, 4) is 0 Å². The summed E-state index contributed by atoms with van der Waals surface area (Å²) in [6.45, 7) is 0.456. The predicted octanol–water partition coefficient (Wildman–Crippen LogP) is 0.996. The summed E-state index contributed by atoms with van der Waals surface area (Å²) >= 11 is 1.70. The third kappa shape index (κ3) is 1.75. The van der Waals surface area contributed by atoms with E-state index in [9.17, 15) is 0 Å². The predicted molar refractivity (Wildman–Crippen MR) is 41.6 cm³/mol. The van der Waals surface area contributed by atoms with Crippen LogP contribution in [0.25, 0.3) is 0 Å². The van der Waals surface area contributed by atoms with E-state index in [1.54, 1.807) is 11.8 Å². The SMILES string of the molecule is CSCc1cc(CN)no1. The highest BCUT2D eigenvalue weighted by atomic mass is 32.2. The molecule has 0 atom stereocenters. The van der Waals surface area contributed by atoms with E-state index in [4.69, 9.17) is 10.3 Å². The fourth-order valence-corrected chi connectivity index (χ4v) is 1.08. The van der Waals surface area contributed by atoms with E-state index in [0.29, 0.717) is 6.54 Å². The first-order valence-electron chi connectivity index (χ1n) is 3.00. The van der Waals surface area contributed by atoms with Gasteiger partial charge in [0.15, 0.2) is 0 Å². The van der Waals surface area contributed by atoms with Crippen LogP contribution in [-0.4, -0.2) is 11.4 Å². The molecule has 0 aliphatic heterocycles. The van der Waals surface area contributed by atoms with Crippen LogP contribution < -0.4 is 5.73 Å². The van der Waals surface area contributed by atoms with Crippen LogP contribution in [0.4, 0.5) is 0 Å². The Bertz CT molecular complexity index is 199. The zero-order valence-corrected chi connectivity index (χ0v) is 6.65. The molecule has 10 heavy (non-hydrogen) atoms. The normalized spacial score (nSPS) is 10.2. The highest BCUT2D eigenvalue weighted by Gasteiger charge is 1.99. The minimum absolute atomic E-state index is 0.456. The number of thioether (sulfide) groups is 1. The van der Waals surface area contributed by atoms with Crippen molar-refractivity contribution in [1.82, 2.24) is 5.16 Å². The first-order chi connectivity index (χ1) is 4.86. The maximum atomic E-state index is 5.33. The molecule has 1 heterocycles. The summed E-state index contributed by atoms with van der Waals surface area (Å²) in [5.41, 5.74) is 6.15. The number of hydrogen-bond donors (Lipinski definition) is 1. The molecule has 0 aliphatic carbocycles. The van der Waals surface area contributed by atoms with Gasteiger partial charge >= 0.3 is 0 Å². The maximum absolute atomic E-state index is 5.33. The van der Waals surface area contributed by atoms with Crippen LogP contribution in [0, 0.1) is 0 Å². The lowest BCUT2D eigenvalue weighted by Gasteiger charge is -1.84. The largest absolute Gasteiger partial charge is 0.360 e. The summed E-state index contributed by atoms with van der Waals surface area (Å²) < 4.78 is 4.95. The molecule has 4 heteroatoms. The van der Waals surface area contributed by atoms with Crippen molar-refractivity contribution in [1.29, 1.82) is 0 Å². The van der Waals surface area contributed by atoms with E-state index >= 15 is 0 Å². The summed E-state index contributed by atoms with van der Waals surface area (Å²) in [6.07, 6.45) is 2.02. The molecule has 2 N–H and O–H groups in total. The van der Waals surface area contributed by atoms with Gasteiger partial charge in [-0.1, -0.05) is 5.16 Å². The number of hydrogen-bond acceptors (Lipinski definition) is 4. The molecule has 3 nitrogen and oxygen atoms in total. The van der Waals surface area contributed by atoms with Crippen LogP contribution in [0.5, 0.6) is 0 Å². The van der Waals surface area contributed by atoms with Crippen LogP contribution >= 0.6 is 11.8 Å². The first kappa shape index (κ1) is 7.63. The third-order valence-electron chi connectivity index (χ3n) is 1.10. The Hall–Kier alpha value is -0.480. The Morgan fingerprint density at radius 3 is 3.10 bits per heavy atom. The molecule has 0 aromatic carbocycles. The zero-order chi connectivity index (χ0) is 7.40. The van der Waals surface area contributed by atoms with Gasteiger partial charge in [-0.3, -0.25) is 0 Å². The van der Waals surface area contributed by atoms with Crippen LogP contribution in [0.1, 0.15) is 11.5 Å². The van der Waals surface area contributed by atoms with Crippen LogP contribution in [0.2, 0.25) is 0 Å². The van der Waals surface area contributed by atoms with Crippen molar-refractivity contribution in [2.75, 3.05) is 6.26 Å². The lowest BCUT2D eigenvalue weighted by Crippen LogP contribution is -1.94. The third-order valence-corrected chi connectivity index (χ3v) is 1.68. The molecule has 1 aromatic rings. The Labute approximate surface area is 64.0 Å². The smallest absolute Gasteiger partial charge is 0.146 e. The molecule has 0 fully saturated rings. The van der Waals surface area contributed by atoms with E-state index in [-0.39, 0.29) is 0 Å². The lowest BCUT2D eigenvalue weighted by atomic mass is 10.4. The van der Waals surface area contributed by atoms with Crippen molar-refractivity contribution in [2.24, 2.45) is 5.73 Å². The standard InChI is InChI=1S/C6H10N2OS/c1-10-4-6-2-5(3-7)8-9-6/h2H,3-4,7H2,1H3.